The van der Waals surface area contributed by atoms with Crippen LogP contribution in [0.4, 0.5) is 0 Å². The van der Waals surface area contributed by atoms with Crippen LogP contribution in [0, 0.1) is 19.3 Å². The molecule has 4 heteroatoms. The van der Waals surface area contributed by atoms with E-state index in [1.165, 1.54) is 0 Å². The fourth-order valence-corrected chi connectivity index (χ4v) is 2.81. The molecule has 1 aromatic heterocycles. The quantitative estimate of drug-likeness (QED) is 0.802. The van der Waals surface area contributed by atoms with Crippen LogP contribution in [0.3, 0.4) is 0 Å². The zero-order valence-corrected chi connectivity index (χ0v) is 10.2. The van der Waals surface area contributed by atoms with Gasteiger partial charge in [-0.25, -0.2) is 0 Å². The molecule has 0 radical (unpaired) electrons. The number of carbonyl (C=O) groups excluding carboxylic acids is 1. The van der Waals surface area contributed by atoms with Crippen LogP contribution in [0.5, 0.6) is 0 Å². The molecule has 1 unspecified atom stereocenters. The Bertz CT molecular complexity index is 454. The molecule has 17 heavy (non-hydrogen) atoms. The lowest BCUT2D eigenvalue weighted by Gasteiger charge is -2.15. The molecule has 1 saturated carbocycles. The van der Waals surface area contributed by atoms with Gasteiger partial charge in [-0.2, -0.15) is 0 Å². The zero-order chi connectivity index (χ0) is 12.2. The maximum absolute atomic E-state index is 12.4. The van der Waals surface area contributed by atoms with Crippen molar-refractivity contribution in [3.8, 4) is 0 Å². The van der Waals surface area contributed by atoms with Crippen LogP contribution in [0.2, 0.25) is 0 Å². The fourth-order valence-electron chi connectivity index (χ4n) is 2.81. The van der Waals surface area contributed by atoms with E-state index in [1.807, 2.05) is 6.92 Å². The van der Waals surface area contributed by atoms with E-state index in [-0.39, 0.29) is 17.4 Å². The molecule has 4 nitrogen and oxygen atoms in total. The van der Waals surface area contributed by atoms with Crippen molar-refractivity contribution in [3.63, 3.8) is 0 Å². The summed E-state index contributed by atoms with van der Waals surface area (Å²) < 4.78 is 5.26. The highest BCUT2D eigenvalue weighted by atomic mass is 16.3. The van der Waals surface area contributed by atoms with E-state index < -0.39 is 0 Å². The third kappa shape index (κ3) is 1.51. The summed E-state index contributed by atoms with van der Waals surface area (Å²) in [5.74, 6) is 0.662. The number of β-amino-alcohol motifs (C(OH)–C–C–N with tert-alkyl or cyclic N) is 1. The van der Waals surface area contributed by atoms with Gasteiger partial charge in [0.05, 0.1) is 17.9 Å². The maximum Gasteiger partial charge on any atom is 0.257 e. The molecule has 1 amide bonds. The normalized spacial score (nSPS) is 25.6. The number of aliphatic hydroxyl groups excluding tert-OH is 1. The summed E-state index contributed by atoms with van der Waals surface area (Å²) in [6, 6.07) is 0. The minimum Gasteiger partial charge on any atom is -0.469 e. The number of aryl methyl sites for hydroxylation is 2. The molecule has 0 aromatic carbocycles. The van der Waals surface area contributed by atoms with Gasteiger partial charge in [-0.3, -0.25) is 4.79 Å². The topological polar surface area (TPSA) is 53.7 Å². The van der Waals surface area contributed by atoms with Crippen LogP contribution in [0.15, 0.2) is 10.7 Å². The number of carbonyl (C=O) groups is 1. The highest BCUT2D eigenvalue weighted by Crippen LogP contribution is 2.53. The van der Waals surface area contributed by atoms with E-state index in [4.69, 9.17) is 4.42 Å². The van der Waals surface area contributed by atoms with E-state index in [9.17, 15) is 9.90 Å². The van der Waals surface area contributed by atoms with Crippen molar-refractivity contribution < 1.29 is 14.3 Å². The summed E-state index contributed by atoms with van der Waals surface area (Å²) in [5.41, 5.74) is 1.55. The second-order valence-corrected chi connectivity index (χ2v) is 5.41. The summed E-state index contributed by atoms with van der Waals surface area (Å²) >= 11 is 0. The predicted molar refractivity (Wildman–Crippen MR) is 61.8 cm³/mol. The molecule has 2 heterocycles. The van der Waals surface area contributed by atoms with Crippen LogP contribution >= 0.6 is 0 Å². The Balaban J connectivity index is 1.84. The van der Waals surface area contributed by atoms with Crippen molar-refractivity contribution in [1.82, 2.24) is 4.90 Å². The predicted octanol–water partition coefficient (Wildman–Crippen LogP) is 1.49. The minimum atomic E-state index is -0.348. The molecule has 2 aliphatic rings. The van der Waals surface area contributed by atoms with Crippen LogP contribution in [-0.2, 0) is 0 Å². The van der Waals surface area contributed by atoms with Gasteiger partial charge < -0.3 is 14.4 Å². The number of likely N-dealkylation sites (tertiary alicyclic amines) is 1. The largest absolute Gasteiger partial charge is 0.469 e. The summed E-state index contributed by atoms with van der Waals surface area (Å²) in [7, 11) is 0. The lowest BCUT2D eigenvalue weighted by molar-refractivity contribution is 0.0762. The van der Waals surface area contributed by atoms with Crippen molar-refractivity contribution in [2.75, 3.05) is 13.1 Å². The lowest BCUT2D eigenvalue weighted by Crippen LogP contribution is -2.30. The Hall–Kier alpha value is -1.29. The van der Waals surface area contributed by atoms with Crippen molar-refractivity contribution in [3.05, 3.63) is 23.2 Å². The van der Waals surface area contributed by atoms with Gasteiger partial charge in [0.1, 0.15) is 5.76 Å². The van der Waals surface area contributed by atoms with Gasteiger partial charge in [-0.15, -0.1) is 0 Å². The number of aliphatic hydroxyl groups is 1. The number of hydrogen-bond donors (Lipinski definition) is 1. The Labute approximate surface area is 100 Å². The standard InChI is InChI=1S/C13H17NO3/c1-8-6-17-9(2)11(8)12(16)14-5-10(15)13(7-14)3-4-13/h6,10,15H,3-5,7H2,1-2H3. The van der Waals surface area contributed by atoms with Crippen LogP contribution in [0.25, 0.3) is 0 Å². The van der Waals surface area contributed by atoms with Crippen molar-refractivity contribution >= 4 is 5.91 Å². The SMILES string of the molecule is Cc1coc(C)c1C(=O)N1CC(O)C2(CC2)C1. The first kappa shape index (κ1) is 10.8. The molecular weight excluding hydrogens is 218 g/mol. The molecule has 1 aliphatic carbocycles. The number of rotatable bonds is 1. The van der Waals surface area contributed by atoms with E-state index in [0.29, 0.717) is 24.4 Å². The number of hydrogen-bond acceptors (Lipinski definition) is 3. The molecular formula is C13H17NO3. The average molecular weight is 235 g/mol. The van der Waals surface area contributed by atoms with Gasteiger partial charge in [0.2, 0.25) is 0 Å². The molecule has 1 N–H and O–H groups in total. The number of furan rings is 1. The molecule has 1 atom stereocenters. The van der Waals surface area contributed by atoms with Crippen LogP contribution < -0.4 is 0 Å². The highest BCUT2D eigenvalue weighted by molar-refractivity contribution is 5.96. The summed E-state index contributed by atoms with van der Waals surface area (Å²) in [6.07, 6.45) is 3.35. The highest BCUT2D eigenvalue weighted by Gasteiger charge is 2.55. The van der Waals surface area contributed by atoms with Crippen molar-refractivity contribution in [1.29, 1.82) is 0 Å². The first-order chi connectivity index (χ1) is 8.03. The van der Waals surface area contributed by atoms with Gasteiger partial charge in [-0.1, -0.05) is 0 Å². The van der Waals surface area contributed by atoms with E-state index in [0.717, 1.165) is 18.4 Å². The Morgan fingerprint density at radius 1 is 1.53 bits per heavy atom. The van der Waals surface area contributed by atoms with Gasteiger partial charge in [0, 0.05) is 24.1 Å². The number of nitrogens with zero attached hydrogens (tertiary/aromatic N) is 1. The first-order valence-electron chi connectivity index (χ1n) is 6.05. The van der Waals surface area contributed by atoms with Crippen LogP contribution in [-0.4, -0.2) is 35.1 Å². The van der Waals surface area contributed by atoms with Gasteiger partial charge in [-0.05, 0) is 26.7 Å². The summed E-state index contributed by atoms with van der Waals surface area (Å²) in [5, 5.41) is 9.96. The number of amides is 1. The summed E-state index contributed by atoms with van der Waals surface area (Å²) in [4.78, 5) is 14.1. The molecule has 3 rings (SSSR count). The van der Waals surface area contributed by atoms with Crippen molar-refractivity contribution in [2.24, 2.45) is 5.41 Å². The second-order valence-electron chi connectivity index (χ2n) is 5.41. The molecule has 1 spiro atoms. The van der Waals surface area contributed by atoms with E-state index >= 15 is 0 Å². The summed E-state index contributed by atoms with van der Waals surface area (Å²) in [6.45, 7) is 4.84. The zero-order valence-electron chi connectivity index (χ0n) is 10.2. The van der Waals surface area contributed by atoms with Crippen LogP contribution in [0.1, 0.15) is 34.5 Å². The molecule has 1 saturated heterocycles. The second kappa shape index (κ2) is 3.35. The molecule has 0 bridgehead atoms. The Kier molecular flexibility index (Phi) is 2.14. The van der Waals surface area contributed by atoms with Gasteiger partial charge in [0.15, 0.2) is 0 Å². The van der Waals surface area contributed by atoms with Gasteiger partial charge in [0.25, 0.3) is 5.91 Å². The monoisotopic (exact) mass is 235 g/mol. The molecule has 1 aromatic rings. The maximum atomic E-state index is 12.4. The lowest BCUT2D eigenvalue weighted by atomic mass is 10.0. The molecule has 92 valence electrons. The first-order valence-corrected chi connectivity index (χ1v) is 6.05. The Morgan fingerprint density at radius 2 is 2.24 bits per heavy atom. The average Bonchev–Trinajstić information content (AvgIpc) is 2.88. The fraction of sp³-hybridized carbons (Fsp3) is 0.615. The molecule has 2 fully saturated rings. The van der Waals surface area contributed by atoms with E-state index in [1.54, 1.807) is 18.1 Å². The smallest absolute Gasteiger partial charge is 0.257 e. The third-order valence-electron chi connectivity index (χ3n) is 4.16. The van der Waals surface area contributed by atoms with Gasteiger partial charge >= 0.3 is 0 Å². The minimum absolute atomic E-state index is 0.00317. The molecule has 1 aliphatic heterocycles. The van der Waals surface area contributed by atoms with Crippen molar-refractivity contribution in [2.45, 2.75) is 32.8 Å². The van der Waals surface area contributed by atoms with E-state index in [2.05, 4.69) is 0 Å². The third-order valence-corrected chi connectivity index (χ3v) is 4.16. The Morgan fingerprint density at radius 3 is 2.71 bits per heavy atom.